The summed E-state index contributed by atoms with van der Waals surface area (Å²) in [5, 5.41) is 6.36. The number of anilines is 3. The molecule has 0 aliphatic heterocycles. The first-order valence-corrected chi connectivity index (χ1v) is 7.14. The predicted molar refractivity (Wildman–Crippen MR) is 81.0 cm³/mol. The molecular weight excluding hydrogens is 304 g/mol. The van der Waals surface area contributed by atoms with Crippen molar-refractivity contribution in [3.8, 4) is 0 Å². The van der Waals surface area contributed by atoms with Crippen molar-refractivity contribution in [1.29, 1.82) is 0 Å². The highest BCUT2D eigenvalue weighted by atomic mass is 79.9. The fourth-order valence-corrected chi connectivity index (χ4v) is 2.92. The molecule has 0 amide bonds. The smallest absolute Gasteiger partial charge is 0.150 e. The van der Waals surface area contributed by atoms with Gasteiger partial charge in [0.2, 0.25) is 0 Å². The van der Waals surface area contributed by atoms with Gasteiger partial charge in [0.25, 0.3) is 0 Å². The van der Waals surface area contributed by atoms with Gasteiger partial charge in [0.1, 0.15) is 22.4 Å². The first-order chi connectivity index (χ1) is 9.28. The number of hydrogen-bond donors (Lipinski definition) is 2. The highest BCUT2D eigenvalue weighted by Crippen LogP contribution is 2.30. The van der Waals surface area contributed by atoms with Crippen LogP contribution < -0.4 is 10.6 Å². The van der Waals surface area contributed by atoms with Gasteiger partial charge < -0.3 is 10.6 Å². The molecule has 0 spiro atoms. The normalized spacial score (nSPS) is 13.2. The molecule has 0 fully saturated rings. The fourth-order valence-electron chi connectivity index (χ4n) is 2.42. The van der Waals surface area contributed by atoms with Crippen LogP contribution in [-0.2, 0) is 12.8 Å². The maximum absolute atomic E-state index is 4.27. The van der Waals surface area contributed by atoms with Crippen molar-refractivity contribution < 1.29 is 0 Å². The van der Waals surface area contributed by atoms with Crippen molar-refractivity contribution in [1.82, 2.24) is 9.97 Å². The molecule has 4 nitrogen and oxygen atoms in total. The van der Waals surface area contributed by atoms with Crippen molar-refractivity contribution in [2.75, 3.05) is 17.7 Å². The molecule has 1 aromatic carbocycles. The maximum Gasteiger partial charge on any atom is 0.150 e. The van der Waals surface area contributed by atoms with Crippen LogP contribution in [0, 0.1) is 0 Å². The molecular formula is C14H15BrN4. The van der Waals surface area contributed by atoms with Crippen molar-refractivity contribution in [2.45, 2.75) is 19.3 Å². The van der Waals surface area contributed by atoms with E-state index in [1.807, 2.05) is 7.05 Å². The van der Waals surface area contributed by atoms with Gasteiger partial charge >= 0.3 is 0 Å². The zero-order chi connectivity index (χ0) is 13.2. The minimum absolute atomic E-state index is 0.775. The van der Waals surface area contributed by atoms with E-state index in [0.717, 1.165) is 21.8 Å². The summed E-state index contributed by atoms with van der Waals surface area (Å²) in [5.74, 6) is 1.55. The predicted octanol–water partition coefficient (Wildman–Crippen LogP) is 3.51. The van der Waals surface area contributed by atoms with E-state index < -0.39 is 0 Å². The molecule has 0 radical (unpaired) electrons. The second kappa shape index (κ2) is 5.17. The quantitative estimate of drug-likeness (QED) is 0.909. The first-order valence-electron chi connectivity index (χ1n) is 6.35. The average molecular weight is 319 g/mol. The topological polar surface area (TPSA) is 49.8 Å². The Morgan fingerprint density at radius 1 is 1.11 bits per heavy atom. The molecule has 98 valence electrons. The standard InChI is InChI=1S/C14H15BrN4/c1-16-13-12(15)14(18-8-17-13)19-11-6-5-9-3-2-4-10(9)7-11/h5-8H,2-4H2,1H3,(H2,16,17,18,19). The second-order valence-corrected chi connectivity index (χ2v) is 5.39. The van der Waals surface area contributed by atoms with E-state index in [9.17, 15) is 0 Å². The van der Waals surface area contributed by atoms with E-state index in [1.54, 1.807) is 6.33 Å². The summed E-state index contributed by atoms with van der Waals surface area (Å²) in [5.41, 5.74) is 3.99. The van der Waals surface area contributed by atoms with Gasteiger partial charge in [0, 0.05) is 12.7 Å². The van der Waals surface area contributed by atoms with Crippen LogP contribution in [0.5, 0.6) is 0 Å². The average Bonchev–Trinajstić information content (AvgIpc) is 2.88. The number of aromatic nitrogens is 2. The van der Waals surface area contributed by atoms with Gasteiger partial charge in [-0.15, -0.1) is 0 Å². The Labute approximate surface area is 120 Å². The third-order valence-electron chi connectivity index (χ3n) is 3.39. The SMILES string of the molecule is CNc1ncnc(Nc2ccc3c(c2)CCC3)c1Br. The lowest BCUT2D eigenvalue weighted by atomic mass is 10.1. The van der Waals surface area contributed by atoms with E-state index in [0.29, 0.717) is 0 Å². The van der Waals surface area contributed by atoms with Crippen molar-refractivity contribution in [3.05, 3.63) is 40.1 Å². The molecule has 1 aliphatic carbocycles. The number of nitrogens with zero attached hydrogens (tertiary/aromatic N) is 2. The van der Waals surface area contributed by atoms with Crippen LogP contribution in [-0.4, -0.2) is 17.0 Å². The van der Waals surface area contributed by atoms with Crippen molar-refractivity contribution >= 4 is 33.3 Å². The number of fused-ring (bicyclic) bond motifs is 1. The van der Waals surface area contributed by atoms with Gasteiger partial charge in [-0.2, -0.15) is 0 Å². The molecule has 2 aromatic rings. The Bertz CT molecular complexity index is 612. The van der Waals surface area contributed by atoms with E-state index >= 15 is 0 Å². The molecule has 0 saturated carbocycles. The number of rotatable bonds is 3. The minimum atomic E-state index is 0.775. The lowest BCUT2D eigenvalue weighted by Crippen LogP contribution is -2.00. The van der Waals surface area contributed by atoms with E-state index in [-0.39, 0.29) is 0 Å². The molecule has 2 N–H and O–H groups in total. The highest BCUT2D eigenvalue weighted by molar-refractivity contribution is 9.10. The van der Waals surface area contributed by atoms with Crippen LogP contribution >= 0.6 is 15.9 Å². The minimum Gasteiger partial charge on any atom is -0.372 e. The summed E-state index contributed by atoms with van der Waals surface area (Å²) in [6.07, 6.45) is 5.19. The summed E-state index contributed by atoms with van der Waals surface area (Å²) < 4.78 is 0.845. The lowest BCUT2D eigenvalue weighted by Gasteiger charge is -2.11. The molecule has 0 atom stereocenters. The molecule has 0 unspecified atom stereocenters. The van der Waals surface area contributed by atoms with Crippen LogP contribution in [0.3, 0.4) is 0 Å². The fraction of sp³-hybridized carbons (Fsp3) is 0.286. The Morgan fingerprint density at radius 2 is 1.89 bits per heavy atom. The van der Waals surface area contributed by atoms with Gasteiger partial charge in [-0.3, -0.25) is 0 Å². The van der Waals surface area contributed by atoms with E-state index in [2.05, 4.69) is 54.7 Å². The second-order valence-electron chi connectivity index (χ2n) is 4.60. The Balaban J connectivity index is 1.89. The number of nitrogens with one attached hydrogen (secondary N) is 2. The molecule has 5 heteroatoms. The summed E-state index contributed by atoms with van der Waals surface area (Å²) in [6, 6.07) is 6.53. The van der Waals surface area contributed by atoms with Crippen LogP contribution in [0.25, 0.3) is 0 Å². The van der Waals surface area contributed by atoms with Crippen LogP contribution in [0.1, 0.15) is 17.5 Å². The molecule has 19 heavy (non-hydrogen) atoms. The lowest BCUT2D eigenvalue weighted by molar-refractivity contribution is 0.912. The zero-order valence-corrected chi connectivity index (χ0v) is 12.3. The highest BCUT2D eigenvalue weighted by Gasteiger charge is 2.12. The Kier molecular flexibility index (Phi) is 3.38. The summed E-state index contributed by atoms with van der Waals surface area (Å²) in [4.78, 5) is 8.41. The number of halogens is 1. The largest absolute Gasteiger partial charge is 0.372 e. The third-order valence-corrected chi connectivity index (χ3v) is 4.14. The zero-order valence-electron chi connectivity index (χ0n) is 10.7. The maximum atomic E-state index is 4.27. The Morgan fingerprint density at radius 3 is 2.74 bits per heavy atom. The van der Waals surface area contributed by atoms with Gasteiger partial charge in [0.15, 0.2) is 0 Å². The summed E-state index contributed by atoms with van der Waals surface area (Å²) >= 11 is 3.51. The summed E-state index contributed by atoms with van der Waals surface area (Å²) in [6.45, 7) is 0. The molecule has 0 bridgehead atoms. The number of aryl methyl sites for hydroxylation is 2. The number of benzene rings is 1. The Hall–Kier alpha value is -1.62. The van der Waals surface area contributed by atoms with Gasteiger partial charge in [-0.05, 0) is 58.5 Å². The van der Waals surface area contributed by atoms with E-state index in [4.69, 9.17) is 0 Å². The van der Waals surface area contributed by atoms with Crippen LogP contribution in [0.15, 0.2) is 29.0 Å². The van der Waals surface area contributed by atoms with Gasteiger partial charge in [0.05, 0.1) is 0 Å². The summed E-state index contributed by atoms with van der Waals surface area (Å²) in [7, 11) is 1.84. The molecule has 1 aromatic heterocycles. The monoisotopic (exact) mass is 318 g/mol. The molecule has 3 rings (SSSR count). The molecule has 1 aliphatic rings. The van der Waals surface area contributed by atoms with Crippen LogP contribution in [0.2, 0.25) is 0 Å². The number of hydrogen-bond acceptors (Lipinski definition) is 4. The molecule has 0 saturated heterocycles. The first kappa shape index (κ1) is 12.4. The van der Waals surface area contributed by atoms with Crippen molar-refractivity contribution in [3.63, 3.8) is 0 Å². The van der Waals surface area contributed by atoms with Crippen LogP contribution in [0.4, 0.5) is 17.3 Å². The third kappa shape index (κ3) is 2.42. The van der Waals surface area contributed by atoms with E-state index in [1.165, 1.54) is 30.4 Å². The van der Waals surface area contributed by atoms with Crippen molar-refractivity contribution in [2.24, 2.45) is 0 Å². The van der Waals surface area contributed by atoms with Gasteiger partial charge in [-0.25, -0.2) is 9.97 Å². The molecule has 1 heterocycles. The van der Waals surface area contributed by atoms with Gasteiger partial charge in [-0.1, -0.05) is 6.07 Å².